The Kier molecular flexibility index (Phi) is 9.64. The van der Waals surface area contributed by atoms with Crippen molar-refractivity contribution >= 4 is 69.1 Å². The first-order valence-corrected chi connectivity index (χ1v) is 13.8. The molecule has 0 spiro atoms. The van der Waals surface area contributed by atoms with Crippen LogP contribution in [0.4, 0.5) is 4.79 Å². The second-order valence-electron chi connectivity index (χ2n) is 10.7. The van der Waals surface area contributed by atoms with Gasteiger partial charge in [0.1, 0.15) is 23.3 Å². The van der Waals surface area contributed by atoms with E-state index in [4.69, 9.17) is 14.3 Å². The molecule has 2 heterocycles. The number of alkyl halides is 1. The average molecular weight is 640 g/mol. The molecule has 0 aromatic heterocycles. The molecule has 202 valence electrons. The predicted molar refractivity (Wildman–Crippen MR) is 144 cm³/mol. The number of ether oxygens (including phenoxy) is 2. The van der Waals surface area contributed by atoms with E-state index in [1.165, 1.54) is 25.6 Å². The lowest BCUT2D eigenvalue weighted by molar-refractivity contribution is -0.179. The van der Waals surface area contributed by atoms with Gasteiger partial charge < -0.3 is 24.9 Å². The molecule has 3 amide bonds. The van der Waals surface area contributed by atoms with Crippen molar-refractivity contribution in [2.24, 2.45) is 10.1 Å². The third kappa shape index (κ3) is 8.78. The molecule has 0 aromatic carbocycles. The molecule has 2 rings (SSSR count). The average Bonchev–Trinajstić information content (AvgIpc) is 3.15. The number of esters is 1. The fourth-order valence-corrected chi connectivity index (χ4v) is 4.41. The van der Waals surface area contributed by atoms with Gasteiger partial charge in [-0.3, -0.25) is 19.9 Å². The third-order valence-corrected chi connectivity index (χ3v) is 6.45. The highest BCUT2D eigenvalue weighted by molar-refractivity contribution is 14.1. The summed E-state index contributed by atoms with van der Waals surface area (Å²) < 4.78 is 11.2. The number of alkyl carbamates (subject to hydrolysis) is 1. The Morgan fingerprint density at radius 1 is 1.11 bits per heavy atom. The van der Waals surface area contributed by atoms with Crippen LogP contribution in [0.3, 0.4) is 0 Å². The number of hydrogen-bond donors (Lipinski definition) is 3. The molecule has 0 aliphatic carbocycles. The van der Waals surface area contributed by atoms with E-state index in [-0.39, 0.29) is 28.6 Å². The van der Waals surface area contributed by atoms with Gasteiger partial charge in [-0.15, -0.1) is 0 Å². The predicted octanol–water partition coefficient (Wildman–Crippen LogP) is 1.89. The Balaban J connectivity index is 2.24. The normalized spacial score (nSPS) is 22.6. The lowest BCUT2D eigenvalue weighted by atomic mass is 10.0. The Bertz CT molecular complexity index is 955. The minimum Gasteiger partial charge on any atom is -0.457 e. The summed E-state index contributed by atoms with van der Waals surface area (Å²) >= 11 is 3.30. The van der Waals surface area contributed by atoms with Crippen molar-refractivity contribution in [3.8, 4) is 0 Å². The number of aliphatic imine (C=N–C) groups is 1. The fraction of sp³-hybridized carbons (Fsp3) is 0.727. The highest BCUT2D eigenvalue weighted by Gasteiger charge is 2.42. The smallest absolute Gasteiger partial charge is 0.413 e. The van der Waals surface area contributed by atoms with Gasteiger partial charge in [-0.25, -0.2) is 9.59 Å². The molecule has 0 saturated carbocycles. The summed E-state index contributed by atoms with van der Waals surface area (Å²) in [5, 5.41) is 12.2. The number of thioether (sulfide) groups is 1. The topological polar surface area (TPSA) is 157 Å². The van der Waals surface area contributed by atoms with Gasteiger partial charge in [-0.1, -0.05) is 39.5 Å². The van der Waals surface area contributed by atoms with Crippen LogP contribution < -0.4 is 16.0 Å². The Hall–Kier alpha value is -2.10. The molecule has 12 nitrogen and oxygen atoms in total. The maximum Gasteiger partial charge on any atom is 0.413 e. The van der Waals surface area contributed by atoms with Gasteiger partial charge in [-0.05, 0) is 55.4 Å². The largest absolute Gasteiger partial charge is 0.457 e. The van der Waals surface area contributed by atoms with Crippen molar-refractivity contribution in [1.29, 1.82) is 0 Å². The second kappa shape index (κ2) is 11.5. The zero-order chi connectivity index (χ0) is 27.5. The lowest BCUT2D eigenvalue weighted by Gasteiger charge is -2.36. The van der Waals surface area contributed by atoms with Gasteiger partial charge in [0.25, 0.3) is 5.91 Å². The third-order valence-electron chi connectivity index (χ3n) is 4.54. The number of nitrogens with zero attached hydrogens (tertiary/aromatic N) is 2. The van der Waals surface area contributed by atoms with Crippen LogP contribution in [0.15, 0.2) is 10.1 Å². The van der Waals surface area contributed by atoms with Crippen LogP contribution in [0.25, 0.3) is 0 Å². The van der Waals surface area contributed by atoms with Gasteiger partial charge in [0.05, 0.1) is 6.04 Å². The number of oxime groups is 1. The number of β-lactam (4-membered cyclic amide) rings is 1. The summed E-state index contributed by atoms with van der Waals surface area (Å²) in [5.74, 6) is -1.38. The van der Waals surface area contributed by atoms with E-state index in [0.717, 1.165) is 0 Å². The minimum absolute atomic E-state index is 0.146. The van der Waals surface area contributed by atoms with Gasteiger partial charge in [0.15, 0.2) is 10.9 Å². The molecule has 0 bridgehead atoms. The van der Waals surface area contributed by atoms with Crippen molar-refractivity contribution < 1.29 is 33.5 Å². The molecular formula is C22H34IN5O7S. The van der Waals surface area contributed by atoms with Crippen LogP contribution >= 0.6 is 34.4 Å². The highest BCUT2D eigenvalue weighted by atomic mass is 127. The molecule has 2 aliphatic heterocycles. The summed E-state index contributed by atoms with van der Waals surface area (Å²) in [6.07, 6.45) is -0.685. The van der Waals surface area contributed by atoms with Gasteiger partial charge in [-0.2, -0.15) is 0 Å². The van der Waals surface area contributed by atoms with Crippen LogP contribution in [0.5, 0.6) is 0 Å². The monoisotopic (exact) mass is 639 g/mol. The first-order valence-electron chi connectivity index (χ1n) is 11.3. The summed E-state index contributed by atoms with van der Waals surface area (Å²) in [7, 11) is 0. The number of carbonyl (C=O) groups excluding carboxylic acids is 4. The van der Waals surface area contributed by atoms with Crippen LogP contribution in [-0.2, 0) is 28.7 Å². The Labute approximate surface area is 228 Å². The molecule has 14 heteroatoms. The molecule has 2 aliphatic rings. The Morgan fingerprint density at radius 2 is 1.72 bits per heavy atom. The van der Waals surface area contributed by atoms with Crippen molar-refractivity contribution in [3.05, 3.63) is 0 Å². The number of rotatable bonds is 7. The van der Waals surface area contributed by atoms with Crippen LogP contribution in [0, 0.1) is 0 Å². The molecule has 0 aromatic rings. The number of carbonyl (C=O) groups is 4. The standard InChI is InChI=1S/C22H34IN5O7S/c1-20(2,3)33-17(31)22(7,8)35-28-14(16(30)26-13-11(9-23)24-15(13)29)12-10-36-18(25-12)27-19(32)34-21(4,5)6/h11-13H,9-10H2,1-8H3,(H,24,29)(H,26,30)(H,25,27,32)/b28-14-/t11-,12?,13+/m1/s1. The maximum absolute atomic E-state index is 13.2. The zero-order valence-electron chi connectivity index (χ0n) is 21.7. The van der Waals surface area contributed by atoms with Crippen molar-refractivity contribution in [1.82, 2.24) is 16.0 Å². The summed E-state index contributed by atoms with van der Waals surface area (Å²) in [6, 6.07) is -1.75. The zero-order valence-corrected chi connectivity index (χ0v) is 24.7. The summed E-state index contributed by atoms with van der Waals surface area (Å²) in [4.78, 5) is 59.6. The second-order valence-corrected chi connectivity index (χ2v) is 12.6. The van der Waals surface area contributed by atoms with E-state index in [2.05, 4.69) is 48.7 Å². The molecular weight excluding hydrogens is 605 g/mol. The minimum atomic E-state index is -1.51. The van der Waals surface area contributed by atoms with E-state index in [1.54, 1.807) is 41.5 Å². The molecule has 36 heavy (non-hydrogen) atoms. The van der Waals surface area contributed by atoms with Gasteiger partial charge in [0.2, 0.25) is 11.5 Å². The summed E-state index contributed by atoms with van der Waals surface area (Å²) in [6.45, 7) is 13.3. The molecule has 0 radical (unpaired) electrons. The molecule has 3 N–H and O–H groups in total. The molecule has 1 fully saturated rings. The molecule has 1 saturated heterocycles. The number of amidine groups is 1. The van der Waals surface area contributed by atoms with E-state index < -0.39 is 46.9 Å². The van der Waals surface area contributed by atoms with Gasteiger partial charge in [0, 0.05) is 10.2 Å². The van der Waals surface area contributed by atoms with Gasteiger partial charge >= 0.3 is 12.1 Å². The quantitative estimate of drug-likeness (QED) is 0.0953. The molecule has 1 unspecified atom stereocenters. The number of nitrogens with one attached hydrogen (secondary N) is 3. The van der Waals surface area contributed by atoms with Crippen LogP contribution in [0.1, 0.15) is 55.4 Å². The van der Waals surface area contributed by atoms with Crippen molar-refractivity contribution in [3.63, 3.8) is 0 Å². The number of halogens is 1. The van der Waals surface area contributed by atoms with Crippen molar-refractivity contribution in [2.45, 2.75) is 90.3 Å². The Morgan fingerprint density at radius 3 is 2.25 bits per heavy atom. The van der Waals surface area contributed by atoms with E-state index in [1.807, 2.05) is 0 Å². The fourth-order valence-electron chi connectivity index (χ4n) is 2.78. The first-order chi connectivity index (χ1) is 16.4. The van der Waals surface area contributed by atoms with Crippen molar-refractivity contribution in [2.75, 3.05) is 10.2 Å². The number of hydrogen-bond acceptors (Lipinski definition) is 10. The number of amides is 3. The van der Waals surface area contributed by atoms with Crippen LogP contribution in [-0.4, -0.2) is 79.9 Å². The molecule has 3 atom stereocenters. The SMILES string of the molecule is CC(C)(C)OC(=O)NC1=NC(/C(=N/OC(C)(C)C(=O)OC(C)(C)C)C(=O)N[C@@H]2C(=O)N[C@@H]2CI)CS1. The first kappa shape index (κ1) is 30.1. The maximum atomic E-state index is 13.2. The van der Waals surface area contributed by atoms with E-state index in [0.29, 0.717) is 4.43 Å². The summed E-state index contributed by atoms with van der Waals surface area (Å²) in [5.41, 5.74) is -3.10. The van der Waals surface area contributed by atoms with E-state index in [9.17, 15) is 19.2 Å². The highest BCUT2D eigenvalue weighted by Crippen LogP contribution is 2.22. The lowest BCUT2D eigenvalue weighted by Crippen LogP contribution is -2.70. The van der Waals surface area contributed by atoms with E-state index >= 15 is 0 Å². The van der Waals surface area contributed by atoms with Crippen LogP contribution in [0.2, 0.25) is 0 Å².